The van der Waals surface area contributed by atoms with Gasteiger partial charge in [0, 0.05) is 28.3 Å². The van der Waals surface area contributed by atoms with Crippen LogP contribution < -0.4 is 9.64 Å². The summed E-state index contributed by atoms with van der Waals surface area (Å²) in [4.78, 5) is 44.5. The van der Waals surface area contributed by atoms with Crippen molar-refractivity contribution in [2.75, 3.05) is 11.5 Å². The number of Topliss-reactive ketones (excluding diaryl/α,β-unsaturated/α-hetero) is 3. The summed E-state index contributed by atoms with van der Waals surface area (Å²) in [6, 6.07) is 19.3. The maximum absolute atomic E-state index is 14.5. The summed E-state index contributed by atoms with van der Waals surface area (Å²) >= 11 is 0. The van der Waals surface area contributed by atoms with Crippen LogP contribution in [-0.2, 0) is 4.79 Å². The number of aryl methyl sites for hydroxylation is 1. The third-order valence-corrected chi connectivity index (χ3v) is 7.93. The summed E-state index contributed by atoms with van der Waals surface area (Å²) < 4.78 is 6.00. The van der Waals surface area contributed by atoms with Gasteiger partial charge in [0.2, 0.25) is 0 Å². The summed E-state index contributed by atoms with van der Waals surface area (Å²) in [6.07, 6.45) is 3.92. The lowest BCUT2D eigenvalue weighted by Gasteiger charge is -2.37. The van der Waals surface area contributed by atoms with Crippen LogP contribution in [0.2, 0.25) is 0 Å². The predicted octanol–water partition coefficient (Wildman–Crippen LogP) is 5.42. The molecule has 0 unspecified atom stereocenters. The Kier molecular flexibility index (Phi) is 5.01. The Bertz CT molecular complexity index is 1430. The maximum atomic E-state index is 14.5. The molecule has 0 N–H and O–H groups in total. The number of ketones is 3. The van der Waals surface area contributed by atoms with Gasteiger partial charge in [-0.2, -0.15) is 0 Å². The van der Waals surface area contributed by atoms with Crippen LogP contribution in [0.1, 0.15) is 57.2 Å². The van der Waals surface area contributed by atoms with Gasteiger partial charge in [-0.25, -0.2) is 0 Å². The van der Waals surface area contributed by atoms with Gasteiger partial charge >= 0.3 is 0 Å². The van der Waals surface area contributed by atoms with Crippen molar-refractivity contribution in [1.82, 2.24) is 0 Å². The molecule has 1 fully saturated rings. The zero-order chi connectivity index (χ0) is 25.2. The number of nitrogens with zero attached hydrogens (tertiary/aromatic N) is 1. The van der Waals surface area contributed by atoms with Gasteiger partial charge in [-0.3, -0.25) is 14.4 Å². The van der Waals surface area contributed by atoms with E-state index in [9.17, 15) is 14.4 Å². The molecule has 0 saturated carbocycles. The fourth-order valence-corrected chi connectivity index (χ4v) is 6.59. The maximum Gasteiger partial charge on any atom is 0.180 e. The average Bonchev–Trinajstić information content (AvgIpc) is 3.31. The standard InChI is InChI=1S/C31H27NO4/c1-4-36-25-12-8-7-11-23(25)27-28(19(3)33)32-24-17-18(2)13-14-20(24)15-16-26(32)31(27)29(34)21-9-5-6-10-22(21)30(31)35/h5-17,26-28H,4H2,1-3H3/t26-,27-,28+/m1/s1. The molecule has 5 nitrogen and oxygen atoms in total. The molecule has 180 valence electrons. The number of carbonyl (C=O) groups is 3. The van der Waals surface area contributed by atoms with Crippen LogP contribution in [0.5, 0.6) is 5.75 Å². The van der Waals surface area contributed by atoms with Gasteiger partial charge in [0.05, 0.1) is 18.7 Å². The van der Waals surface area contributed by atoms with Crippen LogP contribution >= 0.6 is 0 Å². The summed E-state index contributed by atoms with van der Waals surface area (Å²) in [5, 5.41) is 0. The minimum absolute atomic E-state index is 0.0903. The van der Waals surface area contributed by atoms with E-state index >= 15 is 0 Å². The van der Waals surface area contributed by atoms with Gasteiger partial charge in [-0.05, 0) is 44.0 Å². The second-order valence-electron chi connectivity index (χ2n) is 9.85. The predicted molar refractivity (Wildman–Crippen MR) is 139 cm³/mol. The molecule has 3 atom stereocenters. The van der Waals surface area contributed by atoms with Crippen LogP contribution in [0.3, 0.4) is 0 Å². The molecule has 1 saturated heterocycles. The SMILES string of the molecule is CCOc1ccccc1[C@@H]1[C@H](C(C)=O)N2c3cc(C)ccc3C=C[C@@H]2C12C(=O)c1ccccc1C2=O. The van der Waals surface area contributed by atoms with Gasteiger partial charge in [0.15, 0.2) is 17.3 Å². The highest BCUT2D eigenvalue weighted by Crippen LogP contribution is 2.61. The zero-order valence-corrected chi connectivity index (χ0v) is 20.5. The fourth-order valence-electron chi connectivity index (χ4n) is 6.59. The molecule has 0 bridgehead atoms. The van der Waals surface area contributed by atoms with E-state index in [4.69, 9.17) is 4.74 Å². The highest BCUT2D eigenvalue weighted by atomic mass is 16.5. The Balaban J connectivity index is 1.70. The number of anilines is 1. The lowest BCUT2D eigenvalue weighted by Crippen LogP contribution is -2.48. The molecule has 0 amide bonds. The fraction of sp³-hybridized carbons (Fsp3) is 0.258. The molecule has 3 aliphatic rings. The number of benzene rings is 3. The first-order valence-corrected chi connectivity index (χ1v) is 12.4. The van der Waals surface area contributed by atoms with Gasteiger partial charge in [-0.1, -0.05) is 66.7 Å². The van der Waals surface area contributed by atoms with Gasteiger partial charge in [-0.15, -0.1) is 0 Å². The van der Waals surface area contributed by atoms with E-state index in [0.717, 1.165) is 16.8 Å². The molecule has 1 spiro atoms. The first-order valence-electron chi connectivity index (χ1n) is 12.4. The summed E-state index contributed by atoms with van der Waals surface area (Å²) in [7, 11) is 0. The Morgan fingerprint density at radius 2 is 1.64 bits per heavy atom. The molecule has 0 radical (unpaired) electrons. The Hall–Kier alpha value is -3.99. The number of ether oxygens (including phenoxy) is 1. The van der Waals surface area contributed by atoms with Crippen molar-refractivity contribution < 1.29 is 19.1 Å². The van der Waals surface area contributed by atoms with Crippen molar-refractivity contribution in [1.29, 1.82) is 0 Å². The van der Waals surface area contributed by atoms with Crippen LogP contribution in [0, 0.1) is 12.3 Å². The van der Waals surface area contributed by atoms with Crippen molar-refractivity contribution in [2.24, 2.45) is 5.41 Å². The zero-order valence-electron chi connectivity index (χ0n) is 20.5. The number of fused-ring (bicyclic) bond motifs is 5. The van der Waals surface area contributed by atoms with Crippen molar-refractivity contribution >= 4 is 29.1 Å². The molecule has 2 aliphatic heterocycles. The highest BCUT2D eigenvalue weighted by Gasteiger charge is 2.71. The third kappa shape index (κ3) is 2.80. The molecule has 1 aliphatic carbocycles. The number of hydrogen-bond acceptors (Lipinski definition) is 5. The van der Waals surface area contributed by atoms with Crippen molar-refractivity contribution in [3.8, 4) is 5.75 Å². The Morgan fingerprint density at radius 1 is 0.972 bits per heavy atom. The largest absolute Gasteiger partial charge is 0.494 e. The summed E-state index contributed by atoms with van der Waals surface area (Å²) in [6.45, 7) is 5.89. The molecular formula is C31H27NO4. The first-order chi connectivity index (χ1) is 17.4. The van der Waals surface area contributed by atoms with E-state index in [-0.39, 0.29) is 17.3 Å². The Morgan fingerprint density at radius 3 is 2.31 bits per heavy atom. The average molecular weight is 478 g/mol. The van der Waals surface area contributed by atoms with Crippen molar-refractivity contribution in [3.05, 3.63) is 101 Å². The van der Waals surface area contributed by atoms with Crippen LogP contribution in [0.4, 0.5) is 5.69 Å². The minimum Gasteiger partial charge on any atom is -0.494 e. The quantitative estimate of drug-likeness (QED) is 0.470. The smallest absolute Gasteiger partial charge is 0.180 e. The van der Waals surface area contributed by atoms with E-state index in [1.807, 2.05) is 73.4 Å². The van der Waals surface area contributed by atoms with Gasteiger partial charge < -0.3 is 9.64 Å². The van der Waals surface area contributed by atoms with E-state index < -0.39 is 23.4 Å². The monoisotopic (exact) mass is 477 g/mol. The lowest BCUT2D eigenvalue weighted by molar-refractivity contribution is -0.118. The van der Waals surface area contributed by atoms with E-state index in [0.29, 0.717) is 29.0 Å². The second kappa shape index (κ2) is 8.02. The summed E-state index contributed by atoms with van der Waals surface area (Å²) in [5.74, 6) is -0.656. The second-order valence-corrected chi connectivity index (χ2v) is 9.85. The molecule has 3 aromatic carbocycles. The van der Waals surface area contributed by atoms with Crippen LogP contribution in [0.15, 0.2) is 72.8 Å². The van der Waals surface area contributed by atoms with Crippen molar-refractivity contribution in [3.63, 3.8) is 0 Å². The van der Waals surface area contributed by atoms with E-state index in [1.54, 1.807) is 31.2 Å². The molecule has 5 heteroatoms. The number of carbonyl (C=O) groups excluding carboxylic acids is 3. The lowest BCUT2D eigenvalue weighted by atomic mass is 9.64. The van der Waals surface area contributed by atoms with E-state index in [2.05, 4.69) is 0 Å². The number of hydrogen-bond donors (Lipinski definition) is 0. The first kappa shape index (κ1) is 22.5. The number of para-hydroxylation sites is 1. The number of rotatable bonds is 4. The molecule has 36 heavy (non-hydrogen) atoms. The highest BCUT2D eigenvalue weighted by molar-refractivity contribution is 6.32. The van der Waals surface area contributed by atoms with Gasteiger partial charge in [0.25, 0.3) is 0 Å². The molecular weight excluding hydrogens is 450 g/mol. The van der Waals surface area contributed by atoms with Gasteiger partial charge in [0.1, 0.15) is 11.2 Å². The normalized spacial score (nSPS) is 23.0. The third-order valence-electron chi connectivity index (χ3n) is 7.93. The molecule has 0 aromatic heterocycles. The Labute approximate surface area is 210 Å². The summed E-state index contributed by atoms with van der Waals surface area (Å²) in [5.41, 5.74) is 2.96. The molecule has 3 aromatic rings. The van der Waals surface area contributed by atoms with Crippen molar-refractivity contribution in [2.45, 2.75) is 38.8 Å². The van der Waals surface area contributed by atoms with Crippen LogP contribution in [-0.4, -0.2) is 36.0 Å². The molecule has 6 rings (SSSR count). The molecule has 2 heterocycles. The van der Waals surface area contributed by atoms with E-state index in [1.165, 1.54) is 0 Å². The topological polar surface area (TPSA) is 63.7 Å². The van der Waals surface area contributed by atoms with Crippen LogP contribution in [0.25, 0.3) is 6.08 Å². The minimum atomic E-state index is -1.48.